The Morgan fingerprint density at radius 1 is 1.54 bits per heavy atom. The van der Waals surface area contributed by atoms with Crippen LogP contribution >= 0.6 is 0 Å². The SMILES string of the molecule is CNC1(c2nc(C(F)F)no2)CC1. The Morgan fingerprint density at radius 2 is 2.23 bits per heavy atom. The monoisotopic (exact) mass is 189 g/mol. The Bertz CT molecular complexity index is 308. The average molecular weight is 189 g/mol. The van der Waals surface area contributed by atoms with Gasteiger partial charge in [0.2, 0.25) is 11.7 Å². The lowest BCUT2D eigenvalue weighted by molar-refractivity contribution is 0.136. The van der Waals surface area contributed by atoms with Gasteiger partial charge >= 0.3 is 6.43 Å². The first-order valence-corrected chi connectivity index (χ1v) is 3.99. The van der Waals surface area contributed by atoms with Crippen LogP contribution in [0, 0.1) is 0 Å². The van der Waals surface area contributed by atoms with E-state index in [0.29, 0.717) is 0 Å². The molecule has 1 heterocycles. The van der Waals surface area contributed by atoms with Crippen molar-refractivity contribution < 1.29 is 13.3 Å². The van der Waals surface area contributed by atoms with Gasteiger partial charge in [-0.3, -0.25) is 0 Å². The van der Waals surface area contributed by atoms with Gasteiger partial charge in [-0.2, -0.15) is 4.98 Å². The van der Waals surface area contributed by atoms with Crippen LogP contribution in [0.4, 0.5) is 8.78 Å². The number of alkyl halides is 2. The van der Waals surface area contributed by atoms with E-state index in [1.54, 1.807) is 7.05 Å². The van der Waals surface area contributed by atoms with Crippen molar-refractivity contribution in [1.29, 1.82) is 0 Å². The van der Waals surface area contributed by atoms with Crippen LogP contribution in [-0.2, 0) is 5.54 Å². The van der Waals surface area contributed by atoms with E-state index in [2.05, 4.69) is 15.5 Å². The molecule has 1 N–H and O–H groups in total. The third-order valence-electron chi connectivity index (χ3n) is 2.27. The number of halogens is 2. The van der Waals surface area contributed by atoms with E-state index in [9.17, 15) is 8.78 Å². The number of rotatable bonds is 3. The minimum Gasteiger partial charge on any atom is -0.337 e. The van der Waals surface area contributed by atoms with Gasteiger partial charge in [-0.15, -0.1) is 0 Å². The lowest BCUT2D eigenvalue weighted by Gasteiger charge is -2.05. The van der Waals surface area contributed by atoms with Crippen LogP contribution in [0.5, 0.6) is 0 Å². The Morgan fingerprint density at radius 3 is 2.62 bits per heavy atom. The summed E-state index contributed by atoms with van der Waals surface area (Å²) >= 11 is 0. The van der Waals surface area contributed by atoms with Gasteiger partial charge in [-0.25, -0.2) is 8.78 Å². The van der Waals surface area contributed by atoms with Crippen molar-refractivity contribution >= 4 is 0 Å². The molecule has 13 heavy (non-hydrogen) atoms. The molecule has 0 unspecified atom stereocenters. The number of aromatic nitrogens is 2. The van der Waals surface area contributed by atoms with Crippen molar-refractivity contribution in [2.24, 2.45) is 0 Å². The maximum atomic E-state index is 12.1. The second kappa shape index (κ2) is 2.73. The highest BCUT2D eigenvalue weighted by atomic mass is 19.3. The molecule has 1 aromatic heterocycles. The Hall–Kier alpha value is -1.04. The fourth-order valence-corrected chi connectivity index (χ4v) is 1.21. The van der Waals surface area contributed by atoms with E-state index < -0.39 is 12.2 Å². The quantitative estimate of drug-likeness (QED) is 0.776. The summed E-state index contributed by atoms with van der Waals surface area (Å²) in [5.41, 5.74) is -0.333. The molecular formula is C7H9F2N3O. The summed E-state index contributed by atoms with van der Waals surface area (Å²) < 4.78 is 28.9. The summed E-state index contributed by atoms with van der Waals surface area (Å²) in [5, 5.41) is 6.17. The molecule has 0 aliphatic heterocycles. The van der Waals surface area contributed by atoms with E-state index >= 15 is 0 Å². The van der Waals surface area contributed by atoms with Crippen LogP contribution < -0.4 is 5.32 Å². The van der Waals surface area contributed by atoms with Gasteiger partial charge in [0.25, 0.3) is 0 Å². The molecule has 1 aliphatic carbocycles. The summed E-state index contributed by atoms with van der Waals surface area (Å²) in [7, 11) is 1.75. The highest BCUT2D eigenvalue weighted by Crippen LogP contribution is 2.44. The zero-order chi connectivity index (χ0) is 9.47. The van der Waals surface area contributed by atoms with Crippen LogP contribution in [-0.4, -0.2) is 17.2 Å². The first kappa shape index (κ1) is 8.55. The van der Waals surface area contributed by atoms with Gasteiger partial charge in [-0.1, -0.05) is 5.16 Å². The second-order valence-electron chi connectivity index (χ2n) is 3.09. The molecule has 1 saturated carbocycles. The normalized spacial score (nSPS) is 19.4. The van der Waals surface area contributed by atoms with Crippen molar-refractivity contribution in [2.45, 2.75) is 24.8 Å². The van der Waals surface area contributed by atoms with Crippen molar-refractivity contribution in [1.82, 2.24) is 15.5 Å². The zero-order valence-corrected chi connectivity index (χ0v) is 7.05. The van der Waals surface area contributed by atoms with Crippen molar-refractivity contribution in [3.63, 3.8) is 0 Å². The standard InChI is InChI=1S/C7H9F2N3O/c1-10-7(2-3-7)6-11-5(4(8)9)12-13-6/h4,10H,2-3H2,1H3. The summed E-state index contributed by atoms with van der Waals surface area (Å²) in [6.45, 7) is 0. The van der Waals surface area contributed by atoms with Crippen LogP contribution in [0.3, 0.4) is 0 Å². The van der Waals surface area contributed by atoms with Gasteiger partial charge < -0.3 is 9.84 Å². The third kappa shape index (κ3) is 1.31. The largest absolute Gasteiger partial charge is 0.337 e. The Labute approximate surface area is 73.3 Å². The predicted molar refractivity (Wildman–Crippen MR) is 39.2 cm³/mol. The van der Waals surface area contributed by atoms with Crippen LogP contribution in [0.25, 0.3) is 0 Å². The molecule has 6 heteroatoms. The van der Waals surface area contributed by atoms with Crippen LogP contribution in [0.1, 0.15) is 31.0 Å². The number of nitrogens with zero attached hydrogens (tertiary/aromatic N) is 2. The van der Waals surface area contributed by atoms with Gasteiger partial charge in [0.15, 0.2) is 0 Å². The molecule has 0 bridgehead atoms. The van der Waals surface area contributed by atoms with Gasteiger partial charge in [0, 0.05) is 0 Å². The first-order chi connectivity index (χ1) is 6.18. The van der Waals surface area contributed by atoms with Crippen molar-refractivity contribution in [2.75, 3.05) is 7.05 Å². The Kier molecular flexibility index (Phi) is 1.80. The lowest BCUT2D eigenvalue weighted by atomic mass is 10.3. The lowest BCUT2D eigenvalue weighted by Crippen LogP contribution is -2.24. The van der Waals surface area contributed by atoms with E-state index in [0.717, 1.165) is 12.8 Å². The van der Waals surface area contributed by atoms with E-state index in [1.807, 2.05) is 0 Å². The average Bonchev–Trinajstić information content (AvgIpc) is 2.75. The number of hydrogen-bond acceptors (Lipinski definition) is 4. The van der Waals surface area contributed by atoms with Crippen molar-refractivity contribution in [3.05, 3.63) is 11.7 Å². The maximum Gasteiger partial charge on any atom is 0.300 e. The summed E-state index contributed by atoms with van der Waals surface area (Å²) in [4.78, 5) is 3.62. The third-order valence-corrected chi connectivity index (χ3v) is 2.27. The maximum absolute atomic E-state index is 12.1. The van der Waals surface area contributed by atoms with Gasteiger partial charge in [-0.05, 0) is 19.9 Å². The fourth-order valence-electron chi connectivity index (χ4n) is 1.21. The molecule has 0 spiro atoms. The highest BCUT2D eigenvalue weighted by molar-refractivity contribution is 5.13. The van der Waals surface area contributed by atoms with Gasteiger partial charge in [0.05, 0.1) is 5.54 Å². The Balaban J connectivity index is 2.23. The smallest absolute Gasteiger partial charge is 0.300 e. The minimum atomic E-state index is -2.66. The fraction of sp³-hybridized carbons (Fsp3) is 0.714. The molecule has 1 fully saturated rings. The highest BCUT2D eigenvalue weighted by Gasteiger charge is 2.48. The van der Waals surface area contributed by atoms with Gasteiger partial charge in [0.1, 0.15) is 0 Å². The first-order valence-electron chi connectivity index (χ1n) is 3.99. The minimum absolute atomic E-state index is 0.269. The van der Waals surface area contributed by atoms with Crippen LogP contribution in [0.15, 0.2) is 4.52 Å². The molecule has 0 atom stereocenters. The number of nitrogens with one attached hydrogen (secondary N) is 1. The molecule has 1 aliphatic rings. The summed E-state index contributed by atoms with van der Waals surface area (Å²) in [6.07, 6.45) is -0.951. The van der Waals surface area contributed by atoms with E-state index in [-0.39, 0.29) is 11.4 Å². The number of hydrogen-bond donors (Lipinski definition) is 1. The van der Waals surface area contributed by atoms with Crippen LogP contribution in [0.2, 0.25) is 0 Å². The predicted octanol–water partition coefficient (Wildman–Crippen LogP) is 1.22. The van der Waals surface area contributed by atoms with E-state index in [1.165, 1.54) is 0 Å². The van der Waals surface area contributed by atoms with E-state index in [4.69, 9.17) is 4.52 Å². The topological polar surface area (TPSA) is 51.0 Å². The molecule has 0 radical (unpaired) electrons. The molecule has 1 aromatic rings. The second-order valence-corrected chi connectivity index (χ2v) is 3.09. The molecule has 72 valence electrons. The summed E-state index contributed by atoms with van der Waals surface area (Å²) in [5.74, 6) is -0.262. The molecule has 0 aromatic carbocycles. The molecule has 0 amide bonds. The molecule has 2 rings (SSSR count). The van der Waals surface area contributed by atoms with Crippen molar-refractivity contribution in [3.8, 4) is 0 Å². The zero-order valence-electron chi connectivity index (χ0n) is 7.05. The molecular weight excluding hydrogens is 180 g/mol. The molecule has 4 nitrogen and oxygen atoms in total. The summed E-state index contributed by atoms with van der Waals surface area (Å²) in [6, 6.07) is 0. The molecule has 0 saturated heterocycles.